The van der Waals surface area contributed by atoms with Crippen molar-refractivity contribution in [2.75, 3.05) is 13.7 Å². The van der Waals surface area contributed by atoms with E-state index >= 15 is 0 Å². The molecule has 1 aromatic carbocycles. The van der Waals surface area contributed by atoms with Crippen LogP contribution in [-0.4, -0.2) is 13.7 Å². The van der Waals surface area contributed by atoms with Gasteiger partial charge in [0.15, 0.2) is 0 Å². The largest absolute Gasteiger partial charge is 0.496 e. The van der Waals surface area contributed by atoms with Crippen LogP contribution >= 0.6 is 0 Å². The van der Waals surface area contributed by atoms with Gasteiger partial charge in [0.05, 0.1) is 7.11 Å². The number of hydrogen-bond acceptors (Lipinski definition) is 2. The Kier molecular flexibility index (Phi) is 2.21. The van der Waals surface area contributed by atoms with E-state index in [1.807, 2.05) is 0 Å². The van der Waals surface area contributed by atoms with E-state index in [4.69, 9.17) is 10.5 Å². The smallest absolute Gasteiger partial charge is 0.126 e. The lowest BCUT2D eigenvalue weighted by atomic mass is 9.91. The maximum Gasteiger partial charge on any atom is 0.126 e. The van der Waals surface area contributed by atoms with E-state index in [1.165, 1.54) is 48.8 Å². The molecule has 2 aliphatic carbocycles. The van der Waals surface area contributed by atoms with Gasteiger partial charge in [0.2, 0.25) is 0 Å². The van der Waals surface area contributed by atoms with Crippen LogP contribution in [0.2, 0.25) is 0 Å². The van der Waals surface area contributed by atoms with Gasteiger partial charge in [-0.15, -0.1) is 0 Å². The van der Waals surface area contributed by atoms with E-state index in [9.17, 15) is 0 Å². The van der Waals surface area contributed by atoms with Crippen molar-refractivity contribution in [1.82, 2.24) is 0 Å². The average Bonchev–Trinajstić information content (AvgIpc) is 2.98. The lowest BCUT2D eigenvalue weighted by molar-refractivity contribution is 0.399. The van der Waals surface area contributed by atoms with E-state index in [0.29, 0.717) is 0 Å². The second-order valence-electron chi connectivity index (χ2n) is 5.12. The minimum atomic E-state index is 0.239. The molecule has 0 heterocycles. The molecular weight excluding hydrogens is 198 g/mol. The van der Waals surface area contributed by atoms with Gasteiger partial charge < -0.3 is 10.5 Å². The third kappa shape index (κ3) is 1.29. The predicted octanol–water partition coefficient (Wildman–Crippen LogP) is 2.17. The van der Waals surface area contributed by atoms with E-state index < -0.39 is 0 Å². The first kappa shape index (κ1) is 10.2. The molecule has 2 heteroatoms. The predicted molar refractivity (Wildman–Crippen MR) is 65.0 cm³/mol. The van der Waals surface area contributed by atoms with E-state index in [1.54, 1.807) is 7.11 Å². The Bertz CT molecular complexity index is 421. The number of ether oxygens (including phenoxy) is 1. The Balaban J connectivity index is 2.12. The van der Waals surface area contributed by atoms with Gasteiger partial charge in [-0.2, -0.15) is 0 Å². The molecule has 0 saturated heterocycles. The third-order valence-corrected chi connectivity index (χ3v) is 4.25. The van der Waals surface area contributed by atoms with Crippen LogP contribution in [0, 0.1) is 0 Å². The summed E-state index contributed by atoms with van der Waals surface area (Å²) in [5.74, 6) is 1.14. The highest BCUT2D eigenvalue weighted by atomic mass is 16.5. The van der Waals surface area contributed by atoms with Crippen molar-refractivity contribution >= 4 is 0 Å². The Hall–Kier alpha value is -1.02. The van der Waals surface area contributed by atoms with Gasteiger partial charge in [-0.25, -0.2) is 0 Å². The SMILES string of the molecule is COc1c(C2(CN)CC2)ccc2c1CCC2. The zero-order valence-corrected chi connectivity index (χ0v) is 9.88. The zero-order valence-electron chi connectivity index (χ0n) is 9.88. The maximum absolute atomic E-state index is 5.91. The molecule has 0 radical (unpaired) electrons. The highest BCUT2D eigenvalue weighted by Gasteiger charge is 2.45. The average molecular weight is 217 g/mol. The van der Waals surface area contributed by atoms with Gasteiger partial charge in [0.25, 0.3) is 0 Å². The number of rotatable bonds is 3. The van der Waals surface area contributed by atoms with E-state index in [-0.39, 0.29) is 5.41 Å². The molecular formula is C14H19NO. The summed E-state index contributed by atoms with van der Waals surface area (Å²) in [6.07, 6.45) is 6.09. The Morgan fingerprint density at radius 3 is 2.75 bits per heavy atom. The molecule has 0 bridgehead atoms. The molecule has 2 N–H and O–H groups in total. The summed E-state index contributed by atoms with van der Waals surface area (Å²) in [5.41, 5.74) is 10.4. The van der Waals surface area contributed by atoms with Crippen molar-refractivity contribution in [3.8, 4) is 5.75 Å². The minimum Gasteiger partial charge on any atom is -0.496 e. The Morgan fingerprint density at radius 2 is 2.12 bits per heavy atom. The number of hydrogen-bond donors (Lipinski definition) is 1. The fourth-order valence-corrected chi connectivity index (χ4v) is 3.02. The molecule has 16 heavy (non-hydrogen) atoms. The van der Waals surface area contributed by atoms with Crippen LogP contribution in [0.15, 0.2) is 12.1 Å². The second kappa shape index (κ2) is 3.49. The van der Waals surface area contributed by atoms with Crippen LogP contribution in [0.1, 0.15) is 36.0 Å². The number of fused-ring (bicyclic) bond motifs is 1. The standard InChI is InChI=1S/C14H19NO/c1-16-13-11-4-2-3-10(11)5-6-12(13)14(9-15)7-8-14/h5-6H,2-4,7-9,15H2,1H3. The van der Waals surface area contributed by atoms with Crippen LogP contribution in [0.4, 0.5) is 0 Å². The Labute approximate surface area is 96.8 Å². The molecule has 1 saturated carbocycles. The molecule has 1 fully saturated rings. The summed E-state index contributed by atoms with van der Waals surface area (Å²) in [6.45, 7) is 0.752. The normalized spacial score (nSPS) is 20.6. The zero-order chi connectivity index (χ0) is 11.2. The molecule has 0 spiro atoms. The molecule has 0 aromatic heterocycles. The van der Waals surface area contributed by atoms with Crippen molar-refractivity contribution in [2.24, 2.45) is 5.73 Å². The molecule has 1 aromatic rings. The summed E-state index contributed by atoms with van der Waals surface area (Å²) in [6, 6.07) is 4.54. The van der Waals surface area contributed by atoms with Gasteiger partial charge in [-0.1, -0.05) is 12.1 Å². The van der Waals surface area contributed by atoms with Crippen LogP contribution in [-0.2, 0) is 18.3 Å². The van der Waals surface area contributed by atoms with Gasteiger partial charge in [0, 0.05) is 17.5 Å². The summed E-state index contributed by atoms with van der Waals surface area (Å²) in [5, 5.41) is 0. The molecule has 86 valence electrons. The molecule has 0 unspecified atom stereocenters. The lowest BCUT2D eigenvalue weighted by Gasteiger charge is -2.19. The lowest BCUT2D eigenvalue weighted by Crippen LogP contribution is -2.21. The first-order valence-electron chi connectivity index (χ1n) is 6.20. The van der Waals surface area contributed by atoms with Crippen LogP contribution in [0.5, 0.6) is 5.75 Å². The molecule has 0 atom stereocenters. The van der Waals surface area contributed by atoms with Crippen molar-refractivity contribution in [3.05, 3.63) is 28.8 Å². The maximum atomic E-state index is 5.91. The van der Waals surface area contributed by atoms with Crippen molar-refractivity contribution < 1.29 is 4.74 Å². The van der Waals surface area contributed by atoms with E-state index in [2.05, 4.69) is 12.1 Å². The molecule has 0 amide bonds. The molecule has 2 aliphatic rings. The summed E-state index contributed by atoms with van der Waals surface area (Å²) >= 11 is 0. The quantitative estimate of drug-likeness (QED) is 0.842. The monoisotopic (exact) mass is 217 g/mol. The molecule has 3 rings (SSSR count). The first-order valence-corrected chi connectivity index (χ1v) is 6.20. The first-order chi connectivity index (χ1) is 7.80. The summed E-state index contributed by atoms with van der Waals surface area (Å²) < 4.78 is 5.66. The number of benzene rings is 1. The fraction of sp³-hybridized carbons (Fsp3) is 0.571. The number of aryl methyl sites for hydroxylation is 1. The number of methoxy groups -OCH3 is 1. The van der Waals surface area contributed by atoms with Crippen molar-refractivity contribution in [2.45, 2.75) is 37.5 Å². The molecule has 0 aliphatic heterocycles. The minimum absolute atomic E-state index is 0.239. The fourth-order valence-electron chi connectivity index (χ4n) is 3.02. The van der Waals surface area contributed by atoms with Gasteiger partial charge in [0.1, 0.15) is 5.75 Å². The topological polar surface area (TPSA) is 35.2 Å². The van der Waals surface area contributed by atoms with E-state index in [0.717, 1.165) is 12.3 Å². The second-order valence-corrected chi connectivity index (χ2v) is 5.12. The third-order valence-electron chi connectivity index (χ3n) is 4.25. The highest BCUT2D eigenvalue weighted by molar-refractivity contribution is 5.53. The summed E-state index contributed by atoms with van der Waals surface area (Å²) in [7, 11) is 1.80. The highest BCUT2D eigenvalue weighted by Crippen LogP contribution is 2.52. The van der Waals surface area contributed by atoms with Crippen molar-refractivity contribution in [1.29, 1.82) is 0 Å². The van der Waals surface area contributed by atoms with Crippen molar-refractivity contribution in [3.63, 3.8) is 0 Å². The van der Waals surface area contributed by atoms with Crippen LogP contribution in [0.25, 0.3) is 0 Å². The van der Waals surface area contributed by atoms with Gasteiger partial charge >= 0.3 is 0 Å². The van der Waals surface area contributed by atoms with Crippen LogP contribution in [0.3, 0.4) is 0 Å². The van der Waals surface area contributed by atoms with Gasteiger partial charge in [-0.05, 0) is 43.2 Å². The Morgan fingerprint density at radius 1 is 1.31 bits per heavy atom. The molecule has 2 nitrogen and oxygen atoms in total. The summed E-state index contributed by atoms with van der Waals surface area (Å²) in [4.78, 5) is 0. The number of nitrogens with two attached hydrogens (primary N) is 1. The van der Waals surface area contributed by atoms with Gasteiger partial charge in [-0.3, -0.25) is 0 Å². The van der Waals surface area contributed by atoms with Crippen LogP contribution < -0.4 is 10.5 Å².